The molecule has 4 rings (SSSR count). The number of anilines is 1. The van der Waals surface area contributed by atoms with Gasteiger partial charge in [-0.05, 0) is 64.0 Å². The number of nitrogens with zero attached hydrogens (tertiary/aromatic N) is 1. The zero-order valence-corrected chi connectivity index (χ0v) is 22.7. The van der Waals surface area contributed by atoms with Crippen LogP contribution in [0.3, 0.4) is 0 Å². The molecule has 0 spiro atoms. The Hall–Kier alpha value is -3.61. The van der Waals surface area contributed by atoms with E-state index in [9.17, 15) is 27.6 Å². The molecule has 39 heavy (non-hydrogen) atoms. The minimum absolute atomic E-state index is 0.00148. The Bertz CT molecular complexity index is 1280. The van der Waals surface area contributed by atoms with E-state index in [0.29, 0.717) is 24.9 Å². The number of sulfonamides is 1. The van der Waals surface area contributed by atoms with Crippen LogP contribution in [0.1, 0.15) is 56.9 Å². The maximum atomic E-state index is 13.9. The Labute approximate surface area is 227 Å². The van der Waals surface area contributed by atoms with E-state index in [1.807, 2.05) is 13.0 Å². The van der Waals surface area contributed by atoms with Gasteiger partial charge in [0.1, 0.15) is 0 Å². The van der Waals surface area contributed by atoms with E-state index in [2.05, 4.69) is 10.0 Å². The number of amides is 4. The molecule has 4 amide bonds. The van der Waals surface area contributed by atoms with Crippen molar-refractivity contribution < 1.29 is 32.3 Å². The summed E-state index contributed by atoms with van der Waals surface area (Å²) in [4.78, 5) is 51.2. The van der Waals surface area contributed by atoms with Crippen molar-refractivity contribution in [2.45, 2.75) is 74.8 Å². The molecule has 1 aromatic rings. The minimum Gasteiger partial charge on any atom is -0.436 e. The molecule has 1 saturated carbocycles. The van der Waals surface area contributed by atoms with Gasteiger partial charge in [0, 0.05) is 18.2 Å². The standard InChI is InChI=1S/C26H35N5O7S/c1-17-10-12-19(13-11-17)30-39(36,37)26-16-18(26)8-5-3-2-4-6-9-20(38-24(28)35)21(32)31-15-7-14-25(31,22(27)33)23(34)29-26/h5,8,10-13,18,20,30H,2-4,6-7,9,14-16H2,1H3,(H2,27,33)(H2,28,35)(H,29,34). The van der Waals surface area contributed by atoms with Crippen LogP contribution in [0, 0.1) is 12.8 Å². The fraction of sp³-hybridized carbons (Fsp3) is 0.538. The molecule has 0 radical (unpaired) electrons. The number of benzene rings is 1. The summed E-state index contributed by atoms with van der Waals surface area (Å²) in [6.45, 7) is 1.87. The topological polar surface area (TPSA) is 191 Å². The molecule has 13 heteroatoms. The van der Waals surface area contributed by atoms with Crippen molar-refractivity contribution in [3.05, 3.63) is 42.0 Å². The summed E-state index contributed by atoms with van der Waals surface area (Å²) in [5.41, 5.74) is 10.1. The van der Waals surface area contributed by atoms with Crippen LogP contribution in [0.5, 0.6) is 0 Å². The number of aryl methyl sites for hydroxylation is 1. The third-order valence-corrected chi connectivity index (χ3v) is 9.78. The number of hydrogen-bond donors (Lipinski definition) is 4. The molecule has 6 N–H and O–H groups in total. The summed E-state index contributed by atoms with van der Waals surface area (Å²) in [6, 6.07) is 6.74. The van der Waals surface area contributed by atoms with Crippen molar-refractivity contribution in [2.75, 3.05) is 11.3 Å². The predicted molar refractivity (Wildman–Crippen MR) is 142 cm³/mol. The molecule has 2 heterocycles. The summed E-state index contributed by atoms with van der Waals surface area (Å²) >= 11 is 0. The van der Waals surface area contributed by atoms with Crippen LogP contribution < -0.4 is 21.5 Å². The third kappa shape index (κ3) is 5.45. The smallest absolute Gasteiger partial charge is 0.405 e. The van der Waals surface area contributed by atoms with Crippen LogP contribution in [0.2, 0.25) is 0 Å². The number of primary amides is 2. The van der Waals surface area contributed by atoms with Gasteiger partial charge in [-0.15, -0.1) is 0 Å². The maximum Gasteiger partial charge on any atom is 0.405 e. The lowest BCUT2D eigenvalue weighted by Gasteiger charge is -2.37. The highest BCUT2D eigenvalue weighted by Gasteiger charge is 2.67. The van der Waals surface area contributed by atoms with Crippen molar-refractivity contribution in [1.29, 1.82) is 0 Å². The predicted octanol–water partition coefficient (Wildman–Crippen LogP) is 1.40. The Morgan fingerprint density at radius 1 is 1.10 bits per heavy atom. The lowest BCUT2D eigenvalue weighted by molar-refractivity contribution is -0.157. The van der Waals surface area contributed by atoms with Crippen molar-refractivity contribution in [3.63, 3.8) is 0 Å². The number of hydrogen-bond acceptors (Lipinski definition) is 7. The van der Waals surface area contributed by atoms with E-state index in [1.165, 1.54) is 0 Å². The molecule has 4 unspecified atom stereocenters. The number of fused-ring (bicyclic) bond motifs is 2. The molecule has 4 atom stereocenters. The average Bonchev–Trinajstić information content (AvgIpc) is 3.38. The quantitative estimate of drug-likeness (QED) is 0.308. The van der Waals surface area contributed by atoms with Crippen LogP contribution in [-0.2, 0) is 29.1 Å². The Morgan fingerprint density at radius 3 is 2.49 bits per heavy atom. The van der Waals surface area contributed by atoms with Gasteiger partial charge in [-0.25, -0.2) is 13.2 Å². The van der Waals surface area contributed by atoms with E-state index in [1.54, 1.807) is 30.3 Å². The number of carbonyl (C=O) groups excluding carboxylic acids is 4. The monoisotopic (exact) mass is 561 g/mol. The number of ether oxygens (including phenoxy) is 1. The van der Waals surface area contributed by atoms with E-state index >= 15 is 0 Å². The number of rotatable bonds is 5. The van der Waals surface area contributed by atoms with Gasteiger partial charge in [0.15, 0.2) is 11.0 Å². The average molecular weight is 562 g/mol. The van der Waals surface area contributed by atoms with Crippen LogP contribution in [0.4, 0.5) is 10.5 Å². The lowest BCUT2D eigenvalue weighted by atomic mass is 9.92. The maximum absolute atomic E-state index is 13.9. The molecule has 2 aliphatic heterocycles. The highest BCUT2D eigenvalue weighted by atomic mass is 32.2. The van der Waals surface area contributed by atoms with Crippen LogP contribution in [-0.4, -0.2) is 60.2 Å². The van der Waals surface area contributed by atoms with Gasteiger partial charge < -0.3 is 26.4 Å². The first-order valence-corrected chi connectivity index (χ1v) is 14.6. The molecule has 2 fully saturated rings. The summed E-state index contributed by atoms with van der Waals surface area (Å²) < 4.78 is 35.1. The van der Waals surface area contributed by atoms with Gasteiger partial charge in [0.05, 0.1) is 0 Å². The number of allylic oxidation sites excluding steroid dienone is 1. The number of carbonyl (C=O) groups is 4. The SMILES string of the molecule is Cc1ccc(NS(=O)(=O)C23CC2C=CCCCCCC(OC(N)=O)C(=O)N2CCCC2(C(N)=O)C(=O)N3)cc1. The first-order valence-electron chi connectivity index (χ1n) is 13.1. The zero-order valence-electron chi connectivity index (χ0n) is 21.9. The first-order chi connectivity index (χ1) is 18.4. The normalized spacial score (nSPS) is 29.7. The fourth-order valence-electron chi connectivity index (χ4n) is 5.47. The molecular formula is C26H35N5O7S. The van der Waals surface area contributed by atoms with Gasteiger partial charge in [-0.3, -0.25) is 19.1 Å². The molecule has 3 aliphatic rings. The zero-order chi connectivity index (χ0) is 28.4. The molecule has 0 aromatic heterocycles. The van der Waals surface area contributed by atoms with Gasteiger partial charge >= 0.3 is 6.09 Å². The van der Waals surface area contributed by atoms with Gasteiger partial charge in [0.2, 0.25) is 5.54 Å². The van der Waals surface area contributed by atoms with E-state index in [4.69, 9.17) is 16.2 Å². The first kappa shape index (κ1) is 28.4. The molecule has 212 valence electrons. The van der Waals surface area contributed by atoms with E-state index < -0.39 is 56.3 Å². The van der Waals surface area contributed by atoms with Crippen LogP contribution in [0.25, 0.3) is 0 Å². The highest BCUT2D eigenvalue weighted by molar-refractivity contribution is 7.94. The van der Waals surface area contributed by atoms with Crippen molar-refractivity contribution in [1.82, 2.24) is 10.2 Å². The van der Waals surface area contributed by atoms with Crippen LogP contribution in [0.15, 0.2) is 36.4 Å². The van der Waals surface area contributed by atoms with Crippen molar-refractivity contribution >= 4 is 39.5 Å². The highest BCUT2D eigenvalue weighted by Crippen LogP contribution is 2.50. The van der Waals surface area contributed by atoms with E-state index in [0.717, 1.165) is 16.9 Å². The van der Waals surface area contributed by atoms with Gasteiger partial charge in [-0.1, -0.05) is 36.3 Å². The summed E-state index contributed by atoms with van der Waals surface area (Å²) in [5.74, 6) is -3.41. The van der Waals surface area contributed by atoms with E-state index in [-0.39, 0.29) is 32.2 Å². The molecule has 0 bridgehead atoms. The van der Waals surface area contributed by atoms with Gasteiger partial charge in [0.25, 0.3) is 27.7 Å². The Balaban J connectivity index is 1.73. The van der Waals surface area contributed by atoms with Crippen LogP contribution >= 0.6 is 0 Å². The molecular weight excluding hydrogens is 526 g/mol. The Kier molecular flexibility index (Phi) is 7.92. The fourth-order valence-corrected chi connectivity index (χ4v) is 7.20. The lowest BCUT2D eigenvalue weighted by Crippen LogP contribution is -2.68. The molecule has 1 saturated heterocycles. The molecule has 12 nitrogen and oxygen atoms in total. The summed E-state index contributed by atoms with van der Waals surface area (Å²) in [7, 11) is -4.22. The van der Waals surface area contributed by atoms with Gasteiger partial charge in [-0.2, -0.15) is 0 Å². The minimum atomic E-state index is -4.22. The number of nitrogens with two attached hydrogens (primary N) is 2. The largest absolute Gasteiger partial charge is 0.436 e. The number of nitrogens with one attached hydrogen (secondary N) is 2. The van der Waals surface area contributed by atoms with Crippen molar-refractivity contribution in [2.24, 2.45) is 17.4 Å². The molecule has 1 aliphatic carbocycles. The summed E-state index contributed by atoms with van der Waals surface area (Å²) in [6.07, 6.45) is 4.20. The Morgan fingerprint density at radius 2 is 1.82 bits per heavy atom. The second-order valence-corrected chi connectivity index (χ2v) is 12.4. The third-order valence-electron chi connectivity index (χ3n) is 7.74. The molecule has 1 aromatic carbocycles. The summed E-state index contributed by atoms with van der Waals surface area (Å²) in [5, 5.41) is 2.61. The second kappa shape index (κ2) is 10.9. The second-order valence-electron chi connectivity index (χ2n) is 10.4. The van der Waals surface area contributed by atoms with Crippen molar-refractivity contribution in [3.8, 4) is 0 Å².